The van der Waals surface area contributed by atoms with Gasteiger partial charge in [-0.1, -0.05) is 0 Å². The molecule has 3 aromatic rings. The Morgan fingerprint density at radius 3 is 2.65 bits per heavy atom. The van der Waals surface area contributed by atoms with Crippen LogP contribution in [0.5, 0.6) is 0 Å². The highest BCUT2D eigenvalue weighted by molar-refractivity contribution is 7.10. The zero-order valence-corrected chi connectivity index (χ0v) is 20.6. The summed E-state index contributed by atoms with van der Waals surface area (Å²) in [4.78, 5) is 33.4. The van der Waals surface area contributed by atoms with E-state index in [9.17, 15) is 9.59 Å². The van der Waals surface area contributed by atoms with Crippen molar-refractivity contribution in [3.8, 4) is 0 Å². The number of anilines is 4. The molecule has 0 saturated carbocycles. The van der Waals surface area contributed by atoms with Gasteiger partial charge >= 0.3 is 0 Å². The second kappa shape index (κ2) is 10.2. The molecule has 34 heavy (non-hydrogen) atoms. The van der Waals surface area contributed by atoms with Crippen molar-refractivity contribution in [2.75, 3.05) is 42.3 Å². The number of hydrogen-bond acceptors (Lipinski definition) is 8. The van der Waals surface area contributed by atoms with E-state index < -0.39 is 5.91 Å². The number of piperidine rings is 1. The van der Waals surface area contributed by atoms with Gasteiger partial charge in [0.15, 0.2) is 11.5 Å². The Labute approximate surface area is 204 Å². The Morgan fingerprint density at radius 2 is 2.00 bits per heavy atom. The van der Waals surface area contributed by atoms with Crippen molar-refractivity contribution >= 4 is 45.3 Å². The van der Waals surface area contributed by atoms with Gasteiger partial charge in [-0.2, -0.15) is 4.37 Å². The number of aryl methyl sites for hydroxylation is 1. The largest absolute Gasteiger partial charge is 0.378 e. The summed E-state index contributed by atoms with van der Waals surface area (Å²) in [6, 6.07) is 11.6. The Kier molecular flexibility index (Phi) is 7.12. The molecule has 0 unspecified atom stereocenters. The lowest BCUT2D eigenvalue weighted by Gasteiger charge is -2.34. The fourth-order valence-electron chi connectivity index (χ4n) is 4.27. The molecule has 4 rings (SSSR count). The molecule has 1 fully saturated rings. The number of benzene rings is 1. The molecule has 3 N–H and O–H groups in total. The van der Waals surface area contributed by atoms with Crippen molar-refractivity contribution in [1.29, 1.82) is 0 Å². The van der Waals surface area contributed by atoms with Crippen LogP contribution in [-0.4, -0.2) is 48.2 Å². The summed E-state index contributed by atoms with van der Waals surface area (Å²) >= 11 is 1.32. The maximum atomic E-state index is 12.9. The highest BCUT2D eigenvalue weighted by Gasteiger charge is 2.24. The maximum Gasteiger partial charge on any atom is 0.269 e. The van der Waals surface area contributed by atoms with E-state index in [0.717, 1.165) is 53.6 Å². The molecular weight excluding hydrogens is 448 g/mol. The van der Waals surface area contributed by atoms with Gasteiger partial charge in [-0.3, -0.25) is 9.59 Å². The molecule has 3 heterocycles. The minimum Gasteiger partial charge on any atom is -0.378 e. The first kappa shape index (κ1) is 23.7. The molecule has 0 bridgehead atoms. The molecule has 1 atom stereocenters. The molecule has 8 nitrogen and oxygen atoms in total. The third-order valence-electron chi connectivity index (χ3n) is 6.06. The molecule has 1 saturated heterocycles. The van der Waals surface area contributed by atoms with E-state index in [1.807, 2.05) is 62.3 Å². The number of nitrogens with one attached hydrogen (secondary N) is 1. The van der Waals surface area contributed by atoms with Crippen LogP contribution in [0, 0.1) is 12.8 Å². The van der Waals surface area contributed by atoms with Crippen LogP contribution in [0.2, 0.25) is 0 Å². The lowest BCUT2D eigenvalue weighted by molar-refractivity contribution is 0.0955. The highest BCUT2D eigenvalue weighted by atomic mass is 32.1. The molecule has 1 aliphatic rings. The Morgan fingerprint density at radius 1 is 1.24 bits per heavy atom. The summed E-state index contributed by atoms with van der Waals surface area (Å²) in [5, 5.41) is 4.06. The summed E-state index contributed by atoms with van der Waals surface area (Å²) in [7, 11) is 3.97. The number of Topliss-reactive ketones (excluding diaryl/α,β-unsaturated/α-hetero) is 1. The quantitative estimate of drug-likeness (QED) is 0.467. The number of amides is 1. The van der Waals surface area contributed by atoms with Crippen LogP contribution in [-0.2, 0) is 0 Å². The Bertz CT molecular complexity index is 1170. The predicted octanol–water partition coefficient (Wildman–Crippen LogP) is 4.24. The topological polar surface area (TPSA) is 104 Å². The van der Waals surface area contributed by atoms with Crippen molar-refractivity contribution in [1.82, 2.24) is 9.36 Å². The van der Waals surface area contributed by atoms with Crippen LogP contribution in [0.25, 0.3) is 0 Å². The molecular formula is C25H30N6O2S. The highest BCUT2D eigenvalue weighted by Crippen LogP contribution is 2.31. The number of primary amides is 1. The van der Waals surface area contributed by atoms with E-state index in [1.54, 1.807) is 6.20 Å². The fraction of sp³-hybridized carbons (Fsp3) is 0.360. The first-order valence-electron chi connectivity index (χ1n) is 11.4. The molecule has 1 aromatic carbocycles. The number of pyridine rings is 1. The standard InChI is InChI=1S/C25H30N6O2S/c1-16-11-23(34-29-16)28-21-13-20(14-27-24(21)25(26)33)31-10-4-5-17(15-31)12-22(32)18-6-8-19(9-7-18)30(2)3/h6-9,11,13-14,17,28H,4-5,10,12,15H2,1-3H3,(H2,26,33)/t17-/m0/s1. The number of rotatable bonds is 8. The van der Waals surface area contributed by atoms with Crippen LogP contribution < -0.4 is 20.9 Å². The van der Waals surface area contributed by atoms with Crippen LogP contribution in [0.15, 0.2) is 42.6 Å². The van der Waals surface area contributed by atoms with Crippen LogP contribution in [0.3, 0.4) is 0 Å². The molecule has 2 aromatic heterocycles. The van der Waals surface area contributed by atoms with Gasteiger partial charge in [-0.25, -0.2) is 4.98 Å². The normalized spacial score (nSPS) is 15.7. The first-order chi connectivity index (χ1) is 16.3. The molecule has 0 radical (unpaired) electrons. The summed E-state index contributed by atoms with van der Waals surface area (Å²) < 4.78 is 4.27. The van der Waals surface area contributed by atoms with Crippen molar-refractivity contribution < 1.29 is 9.59 Å². The Balaban J connectivity index is 1.47. The average molecular weight is 479 g/mol. The number of ketones is 1. The van der Waals surface area contributed by atoms with Crippen LogP contribution in [0.4, 0.5) is 22.1 Å². The van der Waals surface area contributed by atoms with Gasteiger partial charge in [0.2, 0.25) is 0 Å². The van der Waals surface area contributed by atoms with Crippen molar-refractivity contribution in [2.24, 2.45) is 11.7 Å². The second-order valence-electron chi connectivity index (χ2n) is 8.93. The number of nitrogens with two attached hydrogens (primary N) is 1. The van der Waals surface area contributed by atoms with Crippen LogP contribution >= 0.6 is 11.5 Å². The van der Waals surface area contributed by atoms with Gasteiger partial charge < -0.3 is 20.9 Å². The minimum absolute atomic E-state index is 0.169. The van der Waals surface area contributed by atoms with E-state index in [4.69, 9.17) is 5.73 Å². The zero-order chi connectivity index (χ0) is 24.2. The summed E-state index contributed by atoms with van der Waals surface area (Å²) in [5.74, 6) is -0.161. The van der Waals surface area contributed by atoms with Crippen molar-refractivity contribution in [2.45, 2.75) is 26.2 Å². The average Bonchev–Trinajstić information content (AvgIpc) is 3.23. The number of hydrogen-bond donors (Lipinski definition) is 2. The molecule has 1 amide bonds. The minimum atomic E-state index is -0.585. The molecule has 178 valence electrons. The maximum absolute atomic E-state index is 12.9. The fourth-order valence-corrected chi connectivity index (χ4v) is 4.94. The van der Waals surface area contributed by atoms with Crippen molar-refractivity contribution in [3.05, 3.63) is 59.5 Å². The van der Waals surface area contributed by atoms with E-state index in [0.29, 0.717) is 12.1 Å². The van der Waals surface area contributed by atoms with Crippen LogP contribution in [0.1, 0.15) is 45.8 Å². The molecule has 9 heteroatoms. The number of carbonyl (C=O) groups is 2. The number of nitrogens with zero attached hydrogens (tertiary/aromatic N) is 4. The summed E-state index contributed by atoms with van der Waals surface area (Å²) in [6.45, 7) is 3.55. The van der Waals surface area contributed by atoms with Crippen molar-refractivity contribution in [3.63, 3.8) is 0 Å². The van der Waals surface area contributed by atoms with Gasteiger partial charge in [0, 0.05) is 44.9 Å². The SMILES string of the molecule is Cc1cc(Nc2cc(N3CCC[C@@H](CC(=O)c4ccc(N(C)C)cc4)C3)cnc2C(N)=O)sn1. The van der Waals surface area contributed by atoms with Gasteiger partial charge in [0.05, 0.1) is 23.3 Å². The zero-order valence-electron chi connectivity index (χ0n) is 19.7. The first-order valence-corrected chi connectivity index (χ1v) is 12.1. The van der Waals surface area contributed by atoms with E-state index in [2.05, 4.69) is 19.6 Å². The third kappa shape index (κ3) is 5.53. The van der Waals surface area contributed by atoms with Gasteiger partial charge in [-0.15, -0.1) is 0 Å². The molecule has 0 spiro atoms. The van der Waals surface area contributed by atoms with Gasteiger partial charge in [0.25, 0.3) is 5.91 Å². The number of aromatic nitrogens is 2. The smallest absolute Gasteiger partial charge is 0.269 e. The van der Waals surface area contributed by atoms with E-state index >= 15 is 0 Å². The van der Waals surface area contributed by atoms with Gasteiger partial charge in [0.1, 0.15) is 5.00 Å². The van der Waals surface area contributed by atoms with E-state index in [-0.39, 0.29) is 17.4 Å². The predicted molar refractivity (Wildman–Crippen MR) is 138 cm³/mol. The third-order valence-corrected chi connectivity index (χ3v) is 6.85. The second-order valence-corrected chi connectivity index (χ2v) is 9.74. The summed E-state index contributed by atoms with van der Waals surface area (Å²) in [5.41, 5.74) is 9.94. The molecule has 0 aliphatic carbocycles. The molecule has 1 aliphatic heterocycles. The summed E-state index contributed by atoms with van der Waals surface area (Å²) in [6.07, 6.45) is 4.20. The number of carbonyl (C=O) groups excluding carboxylic acids is 2. The lowest BCUT2D eigenvalue weighted by Crippen LogP contribution is -2.36. The monoisotopic (exact) mass is 478 g/mol. The Hall–Kier alpha value is -3.46. The van der Waals surface area contributed by atoms with Gasteiger partial charge in [-0.05, 0) is 73.6 Å². The lowest BCUT2D eigenvalue weighted by atomic mass is 9.90. The van der Waals surface area contributed by atoms with E-state index in [1.165, 1.54) is 11.5 Å².